The first-order valence-corrected chi connectivity index (χ1v) is 32.0. The van der Waals surface area contributed by atoms with Gasteiger partial charge in [-0.2, -0.15) is 0 Å². The normalized spacial score (nSPS) is 13.6. The lowest BCUT2D eigenvalue weighted by molar-refractivity contribution is -0.161. The maximum Gasteiger partial charge on any atom is 0.472 e. The highest BCUT2D eigenvalue weighted by molar-refractivity contribution is 7.47. The summed E-state index contributed by atoms with van der Waals surface area (Å²) in [5, 5.41) is 9.82. The fourth-order valence-corrected chi connectivity index (χ4v) is 9.43. The number of unbranched alkanes of at least 4 members (excludes halogenated alkanes) is 32. The van der Waals surface area contributed by atoms with Crippen molar-refractivity contribution in [2.24, 2.45) is 0 Å². The minimum absolute atomic E-state index is 0.154. The first-order chi connectivity index (χ1) is 36.2. The number of carbonyl (C=O) groups is 3. The summed E-state index contributed by atoms with van der Waals surface area (Å²) in [6.45, 7) is 4.56. The molecule has 0 aromatic carbocycles. The molecular weight excluding hydrogens is 952 g/mol. The van der Waals surface area contributed by atoms with E-state index < -0.39 is 57.8 Å². The number of ether oxygens (including phenoxy) is 3. The molecule has 0 fully saturated rings. The van der Waals surface area contributed by atoms with Crippen LogP contribution in [0.4, 0.5) is 0 Å². The molecule has 0 aromatic heterocycles. The molecule has 0 bridgehead atoms. The zero-order valence-electron chi connectivity index (χ0n) is 47.8. The van der Waals surface area contributed by atoms with Crippen LogP contribution in [0.2, 0.25) is 0 Å². The summed E-state index contributed by atoms with van der Waals surface area (Å²) in [5.74, 6) is -1.46. The zero-order chi connectivity index (χ0) is 54.1. The third kappa shape index (κ3) is 54.2. The van der Waals surface area contributed by atoms with Crippen LogP contribution in [0.3, 0.4) is 0 Å². The van der Waals surface area contributed by atoms with Crippen molar-refractivity contribution in [1.82, 2.24) is 0 Å². The van der Waals surface area contributed by atoms with Crippen LogP contribution < -0.4 is 0 Å². The number of phosphoric ester groups is 1. The number of rotatable bonds is 57. The molecule has 2 N–H and O–H groups in total. The van der Waals surface area contributed by atoms with Crippen LogP contribution >= 0.6 is 7.82 Å². The fraction of sp³-hybridized carbons (Fsp3) is 0.823. The molecule has 0 heterocycles. The number of phosphoric acid groups is 1. The Morgan fingerprint density at radius 1 is 0.392 bits per heavy atom. The Morgan fingerprint density at radius 2 is 0.703 bits per heavy atom. The smallest absolute Gasteiger partial charge is 0.462 e. The number of aliphatic hydroxyl groups excluding tert-OH is 1. The molecule has 0 saturated heterocycles. The molecule has 432 valence electrons. The van der Waals surface area contributed by atoms with E-state index in [0.717, 1.165) is 103 Å². The van der Waals surface area contributed by atoms with E-state index in [0.29, 0.717) is 19.3 Å². The van der Waals surface area contributed by atoms with Gasteiger partial charge < -0.3 is 24.2 Å². The third-order valence-corrected chi connectivity index (χ3v) is 14.2. The van der Waals surface area contributed by atoms with Gasteiger partial charge in [-0.1, -0.05) is 262 Å². The second kappa shape index (κ2) is 56.6. The van der Waals surface area contributed by atoms with Gasteiger partial charge in [0.1, 0.15) is 12.7 Å². The van der Waals surface area contributed by atoms with Crippen LogP contribution in [0.5, 0.6) is 0 Å². The zero-order valence-corrected chi connectivity index (χ0v) is 48.7. The molecule has 0 radical (unpaired) electrons. The molecule has 0 saturated carbocycles. The molecule has 3 unspecified atom stereocenters. The number of carbonyl (C=O) groups excluding carboxylic acids is 3. The van der Waals surface area contributed by atoms with Gasteiger partial charge in [-0.05, 0) is 57.8 Å². The van der Waals surface area contributed by atoms with E-state index in [4.69, 9.17) is 23.3 Å². The number of aliphatic hydroxyl groups is 1. The number of hydrogen-bond donors (Lipinski definition) is 2. The molecule has 0 aliphatic carbocycles. The second-order valence-electron chi connectivity index (χ2n) is 20.5. The van der Waals surface area contributed by atoms with Crippen molar-refractivity contribution < 1.29 is 52.2 Å². The van der Waals surface area contributed by atoms with Crippen LogP contribution in [-0.2, 0) is 42.2 Å². The molecule has 74 heavy (non-hydrogen) atoms. The van der Waals surface area contributed by atoms with Crippen molar-refractivity contribution in [2.45, 2.75) is 303 Å². The molecular formula is C62H113O11P. The monoisotopic (exact) mass is 1060 g/mol. The Hall–Kier alpha value is -2.56. The average molecular weight is 1070 g/mol. The molecule has 12 heteroatoms. The van der Waals surface area contributed by atoms with Crippen molar-refractivity contribution >= 4 is 25.7 Å². The summed E-state index contributed by atoms with van der Waals surface area (Å²) >= 11 is 0. The maximum absolute atomic E-state index is 12.9. The Kier molecular flexibility index (Phi) is 54.7. The first-order valence-electron chi connectivity index (χ1n) is 30.5. The Labute approximate surface area is 453 Å². The number of esters is 3. The minimum Gasteiger partial charge on any atom is -0.462 e. The van der Waals surface area contributed by atoms with Gasteiger partial charge >= 0.3 is 25.7 Å². The topological polar surface area (TPSA) is 155 Å². The van der Waals surface area contributed by atoms with Gasteiger partial charge in [-0.15, -0.1) is 0 Å². The van der Waals surface area contributed by atoms with Gasteiger partial charge in [0.25, 0.3) is 0 Å². The van der Waals surface area contributed by atoms with Crippen molar-refractivity contribution in [1.29, 1.82) is 0 Å². The van der Waals surface area contributed by atoms with E-state index in [9.17, 15) is 28.9 Å². The van der Waals surface area contributed by atoms with E-state index >= 15 is 0 Å². The van der Waals surface area contributed by atoms with Gasteiger partial charge in [0.2, 0.25) is 0 Å². The Morgan fingerprint density at radius 3 is 1.08 bits per heavy atom. The molecule has 3 atom stereocenters. The molecule has 0 amide bonds. The summed E-state index contributed by atoms with van der Waals surface area (Å²) in [4.78, 5) is 48.6. The highest BCUT2D eigenvalue weighted by Crippen LogP contribution is 2.43. The molecule has 0 aliphatic heterocycles. The van der Waals surface area contributed by atoms with Crippen molar-refractivity contribution in [3.63, 3.8) is 0 Å². The average Bonchev–Trinajstić information content (AvgIpc) is 3.39. The summed E-state index contributed by atoms with van der Waals surface area (Å²) in [5.41, 5.74) is 0. The van der Waals surface area contributed by atoms with Gasteiger partial charge in [0, 0.05) is 19.3 Å². The van der Waals surface area contributed by atoms with Crippen LogP contribution in [0.25, 0.3) is 0 Å². The molecule has 0 aromatic rings. The second-order valence-corrected chi connectivity index (χ2v) is 22.0. The molecule has 0 spiro atoms. The van der Waals surface area contributed by atoms with E-state index in [-0.39, 0.29) is 25.9 Å². The van der Waals surface area contributed by atoms with Crippen LogP contribution in [0.1, 0.15) is 290 Å². The van der Waals surface area contributed by atoms with Crippen molar-refractivity contribution in [3.05, 3.63) is 48.6 Å². The fourth-order valence-electron chi connectivity index (χ4n) is 8.64. The van der Waals surface area contributed by atoms with Gasteiger partial charge in [0.15, 0.2) is 6.10 Å². The van der Waals surface area contributed by atoms with E-state index in [1.165, 1.54) is 128 Å². The van der Waals surface area contributed by atoms with Gasteiger partial charge in [0.05, 0.1) is 19.8 Å². The first kappa shape index (κ1) is 71.4. The summed E-state index contributed by atoms with van der Waals surface area (Å²) < 4.78 is 39.6. The van der Waals surface area contributed by atoms with E-state index in [2.05, 4.69) is 69.4 Å². The predicted molar refractivity (Wildman–Crippen MR) is 307 cm³/mol. The molecule has 0 rings (SSSR count). The van der Waals surface area contributed by atoms with E-state index in [1.807, 2.05) is 0 Å². The van der Waals surface area contributed by atoms with Gasteiger partial charge in [-0.25, -0.2) is 4.57 Å². The van der Waals surface area contributed by atoms with Crippen LogP contribution in [0.15, 0.2) is 48.6 Å². The maximum atomic E-state index is 12.9. The predicted octanol–water partition coefficient (Wildman–Crippen LogP) is 18.1. The highest BCUT2D eigenvalue weighted by atomic mass is 31.2. The largest absolute Gasteiger partial charge is 0.472 e. The van der Waals surface area contributed by atoms with Crippen molar-refractivity contribution in [3.8, 4) is 0 Å². The molecule has 0 aliphatic rings. The standard InChI is InChI=1S/C62H113O11P/c1-4-7-10-13-16-19-22-25-27-28-29-30-32-35-38-41-44-47-50-53-62(66)73-59(55-69-60(64)51-48-45-42-39-36-34-31-26-23-20-17-14-11-8-5-2)57-71-74(67,68)70-56-58(54-63)72-61(65)52-49-46-43-40-37-33-24-21-18-15-12-9-6-3/h7,10,16,19,25,27,29-30,58-59,63H,4-6,8-9,11-15,17-18,20-24,26,28,31-57H2,1-3H3,(H,67,68)/b10-7-,19-16-,27-25-,30-29-. The van der Waals surface area contributed by atoms with Crippen molar-refractivity contribution in [2.75, 3.05) is 26.4 Å². The SMILES string of the molecule is CC/C=C\C/C=C\C/C=C\C/C=C\CCCCCCCCC(=O)OC(COC(=O)CCCCCCCCCCCCCCCCC)COP(=O)(O)OCC(CO)OC(=O)CCCCCCCCCCCCCCC. The van der Waals surface area contributed by atoms with E-state index in [1.54, 1.807) is 0 Å². The number of allylic oxidation sites excluding steroid dienone is 8. The Balaban J connectivity index is 4.71. The Bertz CT molecular complexity index is 1430. The summed E-state index contributed by atoms with van der Waals surface area (Å²) in [7, 11) is -4.75. The summed E-state index contributed by atoms with van der Waals surface area (Å²) in [6.07, 6.45) is 60.6. The highest BCUT2D eigenvalue weighted by Gasteiger charge is 2.28. The quantitative estimate of drug-likeness (QED) is 0.0197. The number of hydrogen-bond acceptors (Lipinski definition) is 10. The summed E-state index contributed by atoms with van der Waals surface area (Å²) in [6, 6.07) is 0. The third-order valence-electron chi connectivity index (χ3n) is 13.3. The van der Waals surface area contributed by atoms with Gasteiger partial charge in [-0.3, -0.25) is 23.4 Å². The minimum atomic E-state index is -4.75. The van der Waals surface area contributed by atoms with Crippen LogP contribution in [-0.4, -0.2) is 66.5 Å². The lowest BCUT2D eigenvalue weighted by Crippen LogP contribution is -2.30. The lowest BCUT2D eigenvalue weighted by Gasteiger charge is -2.21. The lowest BCUT2D eigenvalue weighted by atomic mass is 10.0. The molecule has 11 nitrogen and oxygen atoms in total. The van der Waals surface area contributed by atoms with Crippen LogP contribution in [0, 0.1) is 0 Å².